The average molecular weight is 654 g/mol. The molecule has 0 aromatic heterocycles. The number of piperidine rings is 1. The minimum Gasteiger partial charge on any atom is -0.489 e. The van der Waals surface area contributed by atoms with Crippen molar-refractivity contribution >= 4 is 23.8 Å². The van der Waals surface area contributed by atoms with Crippen molar-refractivity contribution in [2.75, 3.05) is 18.8 Å². The standard InChI is InChI=1S/C35H38F3N3O4S/c1-24-18-27(32(43)45-33(2,3)4)11-10-26(24)12-17-46-41-15-13-34(23-39,14-16-41)40-31(42)28-19-29(35(36,37)38)21-30(20-28)44-22-25-8-6-5-7-9-25/h5-11,18-21H,12-17,22H2,1-4H3,(H,40,42). The summed E-state index contributed by atoms with van der Waals surface area (Å²) in [6, 6.07) is 19.7. The number of hydrogen-bond acceptors (Lipinski definition) is 7. The van der Waals surface area contributed by atoms with E-state index in [4.69, 9.17) is 9.47 Å². The molecular weight excluding hydrogens is 615 g/mol. The van der Waals surface area contributed by atoms with Crippen molar-refractivity contribution in [1.29, 1.82) is 5.26 Å². The molecule has 0 radical (unpaired) electrons. The van der Waals surface area contributed by atoms with E-state index in [0.29, 0.717) is 31.5 Å². The second kappa shape index (κ2) is 14.6. The summed E-state index contributed by atoms with van der Waals surface area (Å²) in [5.41, 5.74) is 0.385. The second-order valence-electron chi connectivity index (χ2n) is 12.3. The number of benzene rings is 3. The maximum Gasteiger partial charge on any atom is 0.416 e. The Kier molecular flexibility index (Phi) is 11.1. The molecule has 3 aromatic rings. The smallest absolute Gasteiger partial charge is 0.416 e. The van der Waals surface area contributed by atoms with Gasteiger partial charge in [-0.3, -0.25) is 9.10 Å². The molecule has 0 saturated carbocycles. The number of hydrogen-bond donors (Lipinski definition) is 1. The first kappa shape index (κ1) is 34.9. The highest BCUT2D eigenvalue weighted by atomic mass is 32.2. The minimum atomic E-state index is -4.69. The number of nitriles is 1. The predicted molar refractivity (Wildman–Crippen MR) is 171 cm³/mol. The lowest BCUT2D eigenvalue weighted by Crippen LogP contribution is -2.53. The van der Waals surface area contributed by atoms with Crippen molar-refractivity contribution in [3.05, 3.63) is 100 Å². The van der Waals surface area contributed by atoms with Gasteiger partial charge in [-0.25, -0.2) is 4.79 Å². The number of carbonyl (C=O) groups excluding carboxylic acids is 2. The summed E-state index contributed by atoms with van der Waals surface area (Å²) in [6.45, 7) is 8.51. The number of halogens is 3. The van der Waals surface area contributed by atoms with Crippen molar-refractivity contribution in [3.8, 4) is 11.8 Å². The Balaban J connectivity index is 1.33. The van der Waals surface area contributed by atoms with Crippen LogP contribution in [0.3, 0.4) is 0 Å². The van der Waals surface area contributed by atoms with Crippen LogP contribution >= 0.6 is 11.9 Å². The van der Waals surface area contributed by atoms with E-state index in [1.165, 1.54) is 6.07 Å². The van der Waals surface area contributed by atoms with Crippen LogP contribution < -0.4 is 10.1 Å². The molecule has 1 saturated heterocycles. The summed E-state index contributed by atoms with van der Waals surface area (Å²) in [5, 5.41) is 12.7. The van der Waals surface area contributed by atoms with E-state index in [1.807, 2.05) is 45.9 Å². The largest absolute Gasteiger partial charge is 0.489 e. The second-order valence-corrected chi connectivity index (χ2v) is 13.5. The number of aryl methyl sites for hydroxylation is 2. The molecule has 1 N–H and O–H groups in total. The lowest BCUT2D eigenvalue weighted by Gasteiger charge is -2.37. The van der Waals surface area contributed by atoms with Gasteiger partial charge in [0.1, 0.15) is 23.5 Å². The number of esters is 1. The van der Waals surface area contributed by atoms with E-state index in [9.17, 15) is 28.0 Å². The van der Waals surface area contributed by atoms with Crippen LogP contribution in [0.5, 0.6) is 5.75 Å². The maximum atomic E-state index is 13.7. The highest BCUT2D eigenvalue weighted by Gasteiger charge is 2.38. The van der Waals surface area contributed by atoms with Crippen LogP contribution in [0, 0.1) is 18.3 Å². The third-order valence-corrected chi connectivity index (χ3v) is 8.63. The van der Waals surface area contributed by atoms with Gasteiger partial charge in [-0.15, -0.1) is 0 Å². The summed E-state index contributed by atoms with van der Waals surface area (Å²) in [4.78, 5) is 25.6. The topological polar surface area (TPSA) is 91.7 Å². The molecule has 7 nitrogen and oxygen atoms in total. The van der Waals surface area contributed by atoms with Gasteiger partial charge in [0.15, 0.2) is 0 Å². The van der Waals surface area contributed by atoms with Crippen molar-refractivity contribution < 1.29 is 32.2 Å². The van der Waals surface area contributed by atoms with E-state index >= 15 is 0 Å². The number of amides is 1. The number of nitrogens with zero attached hydrogens (tertiary/aromatic N) is 2. The van der Waals surface area contributed by atoms with Crippen LogP contribution in [0.1, 0.15) is 76.6 Å². The van der Waals surface area contributed by atoms with E-state index in [-0.39, 0.29) is 23.9 Å². The van der Waals surface area contributed by atoms with Crippen LogP contribution in [0.25, 0.3) is 0 Å². The SMILES string of the molecule is Cc1cc(C(=O)OC(C)(C)C)ccc1CCSN1CCC(C#N)(NC(=O)c2cc(OCc3ccccc3)cc(C(F)(F)F)c2)CC1. The van der Waals surface area contributed by atoms with Gasteiger partial charge in [0.2, 0.25) is 0 Å². The Morgan fingerprint density at radius 2 is 1.70 bits per heavy atom. The summed E-state index contributed by atoms with van der Waals surface area (Å²) < 4.78 is 54.3. The fourth-order valence-corrected chi connectivity index (χ4v) is 6.00. The highest BCUT2D eigenvalue weighted by Crippen LogP contribution is 2.34. The molecular formula is C35H38F3N3O4S. The predicted octanol–water partition coefficient (Wildman–Crippen LogP) is 7.53. The highest BCUT2D eigenvalue weighted by molar-refractivity contribution is 7.97. The quantitative estimate of drug-likeness (QED) is 0.179. The molecule has 1 heterocycles. The average Bonchev–Trinajstić information content (AvgIpc) is 3.00. The van der Waals surface area contributed by atoms with E-state index in [1.54, 1.807) is 42.3 Å². The van der Waals surface area contributed by atoms with Crippen LogP contribution in [-0.4, -0.2) is 46.2 Å². The first-order valence-electron chi connectivity index (χ1n) is 15.0. The molecule has 11 heteroatoms. The zero-order chi connectivity index (χ0) is 33.5. The number of rotatable bonds is 10. The molecule has 0 spiro atoms. The molecule has 244 valence electrons. The maximum absolute atomic E-state index is 13.7. The van der Waals surface area contributed by atoms with Gasteiger partial charge in [-0.05, 0) is 94.0 Å². The lowest BCUT2D eigenvalue weighted by molar-refractivity contribution is -0.137. The zero-order valence-electron chi connectivity index (χ0n) is 26.4. The van der Waals surface area contributed by atoms with Crippen LogP contribution in [0.4, 0.5) is 13.2 Å². The van der Waals surface area contributed by atoms with Gasteiger partial charge in [0, 0.05) is 24.4 Å². The molecule has 3 aromatic carbocycles. The van der Waals surface area contributed by atoms with E-state index in [0.717, 1.165) is 41.0 Å². The van der Waals surface area contributed by atoms with Gasteiger partial charge in [-0.2, -0.15) is 18.4 Å². The normalized spacial score (nSPS) is 15.1. The van der Waals surface area contributed by atoms with Crippen molar-refractivity contribution in [2.24, 2.45) is 0 Å². The Labute approximate surface area is 272 Å². The van der Waals surface area contributed by atoms with Gasteiger partial charge >= 0.3 is 12.1 Å². The Hall–Kier alpha value is -4.01. The van der Waals surface area contributed by atoms with Crippen LogP contribution in [0.15, 0.2) is 66.7 Å². The van der Waals surface area contributed by atoms with Crippen LogP contribution in [0.2, 0.25) is 0 Å². The Morgan fingerprint density at radius 3 is 2.30 bits per heavy atom. The number of ether oxygens (including phenoxy) is 2. The van der Waals surface area contributed by atoms with Crippen molar-refractivity contribution in [3.63, 3.8) is 0 Å². The molecule has 1 aliphatic heterocycles. The van der Waals surface area contributed by atoms with Crippen LogP contribution in [-0.2, 0) is 23.9 Å². The molecule has 46 heavy (non-hydrogen) atoms. The molecule has 1 aliphatic rings. The van der Waals surface area contributed by atoms with Crippen molar-refractivity contribution in [2.45, 2.75) is 70.9 Å². The monoisotopic (exact) mass is 653 g/mol. The summed E-state index contributed by atoms with van der Waals surface area (Å²) in [6.07, 6.45) is -3.27. The van der Waals surface area contributed by atoms with E-state index < -0.39 is 28.8 Å². The summed E-state index contributed by atoms with van der Waals surface area (Å²) in [7, 11) is 0. The molecule has 4 rings (SSSR count). The lowest BCUT2D eigenvalue weighted by atomic mass is 9.89. The van der Waals surface area contributed by atoms with Gasteiger partial charge in [-0.1, -0.05) is 48.3 Å². The zero-order valence-corrected chi connectivity index (χ0v) is 27.2. The molecule has 0 unspecified atom stereocenters. The van der Waals surface area contributed by atoms with Gasteiger partial charge in [0.25, 0.3) is 5.91 Å². The molecule has 0 bridgehead atoms. The third-order valence-electron chi connectivity index (χ3n) is 7.51. The number of carbonyl (C=O) groups is 2. The molecule has 0 aliphatic carbocycles. The molecule has 1 amide bonds. The van der Waals surface area contributed by atoms with E-state index in [2.05, 4.69) is 15.7 Å². The first-order valence-corrected chi connectivity index (χ1v) is 15.9. The fraction of sp³-hybridized carbons (Fsp3) is 0.400. The third kappa shape index (κ3) is 9.74. The first-order chi connectivity index (χ1) is 21.7. The fourth-order valence-electron chi connectivity index (χ4n) is 4.99. The Bertz CT molecular complexity index is 1570. The summed E-state index contributed by atoms with van der Waals surface area (Å²) in [5.74, 6) is -0.434. The Morgan fingerprint density at radius 1 is 1.00 bits per heavy atom. The number of nitrogens with one attached hydrogen (secondary N) is 1. The van der Waals surface area contributed by atoms with Gasteiger partial charge < -0.3 is 14.8 Å². The minimum absolute atomic E-state index is 0.0375. The summed E-state index contributed by atoms with van der Waals surface area (Å²) >= 11 is 1.63. The molecule has 0 atom stereocenters. The van der Waals surface area contributed by atoms with Crippen molar-refractivity contribution in [1.82, 2.24) is 9.62 Å². The molecule has 1 fully saturated rings. The number of alkyl halides is 3. The van der Waals surface area contributed by atoms with Gasteiger partial charge in [0.05, 0.1) is 17.2 Å².